The molecule has 1 aliphatic carbocycles. The summed E-state index contributed by atoms with van der Waals surface area (Å²) < 4.78 is 5.44. The van der Waals surface area contributed by atoms with Gasteiger partial charge in [0.1, 0.15) is 6.10 Å². The second-order valence-electron chi connectivity index (χ2n) is 7.61. The lowest BCUT2D eigenvalue weighted by atomic mass is 9.86. The van der Waals surface area contributed by atoms with Crippen molar-refractivity contribution >= 4 is 5.97 Å². The normalized spacial score (nSPS) is 37.8. The lowest BCUT2D eigenvalue weighted by Gasteiger charge is -2.30. The van der Waals surface area contributed by atoms with Gasteiger partial charge in [-0.3, -0.25) is 0 Å². The minimum atomic E-state index is -1.26. The third-order valence-electron chi connectivity index (χ3n) is 5.44. The molecular weight excluding hydrogens is 320 g/mol. The highest BCUT2D eigenvalue weighted by Gasteiger charge is 2.33. The Morgan fingerprint density at radius 3 is 2.56 bits per heavy atom. The van der Waals surface area contributed by atoms with Crippen LogP contribution in [-0.2, 0) is 9.53 Å². The maximum Gasteiger partial charge on any atom is 0.334 e. The second kappa shape index (κ2) is 7.85. The first kappa shape index (κ1) is 19.9. The molecular formula is C20H30O5. The monoisotopic (exact) mass is 350 g/mol. The van der Waals surface area contributed by atoms with Gasteiger partial charge in [0.2, 0.25) is 0 Å². The van der Waals surface area contributed by atoms with Crippen molar-refractivity contribution in [3.63, 3.8) is 0 Å². The van der Waals surface area contributed by atoms with Crippen LogP contribution in [0.25, 0.3) is 0 Å². The molecule has 0 radical (unpaired) electrons. The minimum Gasteiger partial charge on any atom is -0.450 e. The molecule has 5 heteroatoms. The molecule has 4 atom stereocenters. The molecule has 1 aliphatic heterocycles. The van der Waals surface area contributed by atoms with Crippen molar-refractivity contribution < 1.29 is 24.9 Å². The number of aliphatic hydroxyl groups is 3. The van der Waals surface area contributed by atoms with E-state index < -0.39 is 23.9 Å². The molecule has 0 aromatic carbocycles. The molecule has 0 spiro atoms. The fourth-order valence-electron chi connectivity index (χ4n) is 3.36. The fourth-order valence-corrected chi connectivity index (χ4v) is 3.36. The smallest absolute Gasteiger partial charge is 0.334 e. The van der Waals surface area contributed by atoms with Crippen molar-refractivity contribution in [3.8, 4) is 0 Å². The number of allylic oxidation sites excluding steroid dienone is 1. The first-order valence-electron chi connectivity index (χ1n) is 8.96. The van der Waals surface area contributed by atoms with Gasteiger partial charge >= 0.3 is 5.97 Å². The second-order valence-corrected chi connectivity index (χ2v) is 7.61. The van der Waals surface area contributed by atoms with E-state index in [9.17, 15) is 20.1 Å². The van der Waals surface area contributed by atoms with E-state index in [0.29, 0.717) is 49.7 Å². The average molecular weight is 350 g/mol. The van der Waals surface area contributed by atoms with Crippen LogP contribution in [0.4, 0.5) is 0 Å². The highest BCUT2D eigenvalue weighted by molar-refractivity contribution is 5.92. The van der Waals surface area contributed by atoms with E-state index >= 15 is 0 Å². The van der Waals surface area contributed by atoms with Crippen LogP contribution in [0.1, 0.15) is 59.3 Å². The molecule has 0 saturated heterocycles. The Hall–Kier alpha value is -1.43. The topological polar surface area (TPSA) is 87.0 Å². The third-order valence-corrected chi connectivity index (χ3v) is 5.44. The van der Waals surface area contributed by atoms with Gasteiger partial charge in [-0.1, -0.05) is 12.2 Å². The molecule has 0 saturated carbocycles. The molecule has 0 aromatic rings. The Balaban J connectivity index is 2.27. The maximum absolute atomic E-state index is 11.9. The lowest BCUT2D eigenvalue weighted by molar-refractivity contribution is -0.138. The molecule has 5 nitrogen and oxygen atoms in total. The molecule has 3 N–H and O–H groups in total. The first-order chi connectivity index (χ1) is 11.6. The van der Waals surface area contributed by atoms with Crippen molar-refractivity contribution in [1.29, 1.82) is 0 Å². The van der Waals surface area contributed by atoms with Crippen LogP contribution < -0.4 is 0 Å². The summed E-state index contributed by atoms with van der Waals surface area (Å²) in [6.07, 6.45) is 2.71. The van der Waals surface area contributed by atoms with Crippen molar-refractivity contribution in [2.24, 2.45) is 0 Å². The van der Waals surface area contributed by atoms with Crippen molar-refractivity contribution in [2.75, 3.05) is 0 Å². The van der Waals surface area contributed by atoms with Gasteiger partial charge in [0.25, 0.3) is 0 Å². The average Bonchev–Trinajstić information content (AvgIpc) is 2.81. The van der Waals surface area contributed by atoms with E-state index in [-0.39, 0.29) is 5.97 Å². The highest BCUT2D eigenvalue weighted by atomic mass is 16.5. The van der Waals surface area contributed by atoms with Crippen LogP contribution in [0, 0.1) is 0 Å². The van der Waals surface area contributed by atoms with E-state index in [2.05, 4.69) is 6.58 Å². The Bertz CT molecular complexity index is 599. The van der Waals surface area contributed by atoms with E-state index in [1.54, 1.807) is 13.8 Å². The van der Waals surface area contributed by atoms with Gasteiger partial charge in [-0.05, 0) is 76.5 Å². The van der Waals surface area contributed by atoms with Crippen LogP contribution in [0.3, 0.4) is 0 Å². The summed E-state index contributed by atoms with van der Waals surface area (Å²) in [5.74, 6) is -0.303. The van der Waals surface area contributed by atoms with Gasteiger partial charge in [-0.15, -0.1) is 0 Å². The maximum atomic E-state index is 11.9. The minimum absolute atomic E-state index is 0.295. The number of carbonyl (C=O) groups excluding carboxylic acids is 1. The molecule has 0 fully saturated rings. The van der Waals surface area contributed by atoms with Gasteiger partial charge < -0.3 is 20.1 Å². The SMILES string of the molecule is C=C1CCC2=C(C)C(=O)O[C@H]2/C=C(\C)CC[C@@H](O)[C@](C)(O)CC[C@H]1O. The zero-order valence-corrected chi connectivity index (χ0v) is 15.4. The number of rotatable bonds is 0. The summed E-state index contributed by atoms with van der Waals surface area (Å²) in [6, 6.07) is 0. The molecule has 2 aliphatic rings. The summed E-state index contributed by atoms with van der Waals surface area (Å²) >= 11 is 0. The highest BCUT2D eigenvalue weighted by Crippen LogP contribution is 2.32. The van der Waals surface area contributed by atoms with Gasteiger partial charge in [0, 0.05) is 5.57 Å². The van der Waals surface area contributed by atoms with E-state index in [4.69, 9.17) is 4.74 Å². The number of fused-ring (bicyclic) bond motifs is 1. The Kier molecular flexibility index (Phi) is 6.25. The molecule has 0 aromatic heterocycles. The molecule has 0 unspecified atom stereocenters. The van der Waals surface area contributed by atoms with Crippen molar-refractivity contribution in [3.05, 3.63) is 34.9 Å². The quantitative estimate of drug-likeness (QED) is 0.462. The van der Waals surface area contributed by atoms with Crippen molar-refractivity contribution in [1.82, 2.24) is 0 Å². The van der Waals surface area contributed by atoms with Crippen LogP contribution in [0.2, 0.25) is 0 Å². The predicted molar refractivity (Wildman–Crippen MR) is 95.8 cm³/mol. The number of hydrogen-bond donors (Lipinski definition) is 3. The van der Waals surface area contributed by atoms with Crippen LogP contribution in [0.15, 0.2) is 34.9 Å². The van der Waals surface area contributed by atoms with Crippen LogP contribution in [0.5, 0.6) is 0 Å². The lowest BCUT2D eigenvalue weighted by Crippen LogP contribution is -2.40. The Morgan fingerprint density at radius 1 is 1.20 bits per heavy atom. The van der Waals surface area contributed by atoms with Crippen LogP contribution in [-0.4, -0.2) is 45.2 Å². The van der Waals surface area contributed by atoms with Crippen molar-refractivity contribution in [2.45, 2.75) is 83.2 Å². The summed E-state index contributed by atoms with van der Waals surface area (Å²) in [4.78, 5) is 11.9. The molecule has 0 amide bonds. The molecule has 1 heterocycles. The van der Waals surface area contributed by atoms with Gasteiger partial charge in [-0.2, -0.15) is 0 Å². The van der Waals surface area contributed by atoms with E-state index in [1.807, 2.05) is 13.0 Å². The number of hydrogen-bond acceptors (Lipinski definition) is 5. The third kappa shape index (κ3) is 4.81. The van der Waals surface area contributed by atoms with Crippen LogP contribution >= 0.6 is 0 Å². The van der Waals surface area contributed by atoms with Gasteiger partial charge in [0.05, 0.1) is 17.8 Å². The van der Waals surface area contributed by atoms with Gasteiger partial charge in [0.15, 0.2) is 0 Å². The van der Waals surface area contributed by atoms with E-state index in [1.165, 1.54) is 0 Å². The van der Waals surface area contributed by atoms with E-state index in [0.717, 1.165) is 11.1 Å². The number of ether oxygens (including phenoxy) is 1. The molecule has 140 valence electrons. The number of carbonyl (C=O) groups is 1. The number of aliphatic hydroxyl groups excluding tert-OH is 2. The summed E-state index contributed by atoms with van der Waals surface area (Å²) in [6.45, 7) is 9.25. The molecule has 2 rings (SSSR count). The molecule has 25 heavy (non-hydrogen) atoms. The summed E-state index contributed by atoms with van der Waals surface area (Å²) in [5, 5.41) is 31.1. The number of esters is 1. The van der Waals surface area contributed by atoms with Gasteiger partial charge in [-0.25, -0.2) is 4.79 Å². The summed E-state index contributed by atoms with van der Waals surface area (Å²) in [7, 11) is 0. The standard InChI is InChI=1S/C20H30O5/c1-12-5-8-18(22)20(4,24)10-9-16(21)13(2)6-7-15-14(3)19(23)25-17(15)11-12/h11,16-18,21-22,24H,2,5-10H2,1,3-4H3/b12-11+/t16-,17+,18-,20-/m1/s1. The Labute approximate surface area is 149 Å². The largest absolute Gasteiger partial charge is 0.450 e. The first-order valence-corrected chi connectivity index (χ1v) is 8.96. The fraction of sp³-hybridized carbons (Fsp3) is 0.650. The predicted octanol–water partition coefficient (Wildman–Crippen LogP) is 2.56. The molecule has 0 bridgehead atoms. The zero-order valence-electron chi connectivity index (χ0n) is 15.4. The Morgan fingerprint density at radius 2 is 1.88 bits per heavy atom. The zero-order chi connectivity index (χ0) is 18.8. The summed E-state index contributed by atoms with van der Waals surface area (Å²) in [5.41, 5.74) is 1.98.